The molecule has 0 atom stereocenters. The maximum Gasteiger partial charge on any atom is 0.310 e. The van der Waals surface area contributed by atoms with E-state index in [1.807, 2.05) is 32.8 Å². The first-order valence-electron chi connectivity index (χ1n) is 6.52. The second-order valence-electron chi connectivity index (χ2n) is 4.98. The average molecular weight is 258 g/mol. The number of nitrogens with one attached hydrogen (secondary N) is 1. The SMILES string of the molecule is CCC(CC)(CC(=O)NCCCN(C)C)C(=O)O. The van der Waals surface area contributed by atoms with Crippen molar-refractivity contribution in [3.8, 4) is 0 Å². The van der Waals surface area contributed by atoms with Gasteiger partial charge in [0.2, 0.25) is 5.91 Å². The fourth-order valence-electron chi connectivity index (χ4n) is 1.87. The molecular weight excluding hydrogens is 232 g/mol. The molecule has 0 aliphatic rings. The minimum atomic E-state index is -0.911. The maximum absolute atomic E-state index is 11.7. The molecule has 0 aliphatic carbocycles. The third-order valence-electron chi connectivity index (χ3n) is 3.41. The molecular formula is C13H26N2O3. The molecule has 0 aromatic rings. The van der Waals surface area contributed by atoms with Gasteiger partial charge in [-0.15, -0.1) is 0 Å². The second kappa shape index (κ2) is 8.08. The van der Waals surface area contributed by atoms with Crippen LogP contribution < -0.4 is 5.32 Å². The van der Waals surface area contributed by atoms with Crippen LogP contribution in [0.4, 0.5) is 0 Å². The Kier molecular flexibility index (Phi) is 7.59. The van der Waals surface area contributed by atoms with Crippen LogP contribution in [0.5, 0.6) is 0 Å². The molecule has 0 saturated carbocycles. The Balaban J connectivity index is 4.16. The zero-order chi connectivity index (χ0) is 14.2. The molecule has 0 aromatic carbocycles. The summed E-state index contributed by atoms with van der Waals surface area (Å²) in [6, 6.07) is 0. The van der Waals surface area contributed by atoms with Crippen LogP contribution in [0.3, 0.4) is 0 Å². The van der Waals surface area contributed by atoms with Crippen LogP contribution in [0.2, 0.25) is 0 Å². The third-order valence-corrected chi connectivity index (χ3v) is 3.41. The van der Waals surface area contributed by atoms with Gasteiger partial charge in [-0.1, -0.05) is 13.8 Å². The topological polar surface area (TPSA) is 69.6 Å². The summed E-state index contributed by atoms with van der Waals surface area (Å²) in [6.45, 7) is 5.14. The van der Waals surface area contributed by atoms with E-state index in [9.17, 15) is 14.7 Å². The van der Waals surface area contributed by atoms with E-state index < -0.39 is 11.4 Å². The van der Waals surface area contributed by atoms with Gasteiger partial charge in [-0.25, -0.2) is 0 Å². The molecule has 0 spiro atoms. The van der Waals surface area contributed by atoms with Crippen LogP contribution in [0.25, 0.3) is 0 Å². The highest BCUT2D eigenvalue weighted by Crippen LogP contribution is 2.30. The van der Waals surface area contributed by atoms with Crippen LogP contribution in [-0.2, 0) is 9.59 Å². The number of hydrogen-bond donors (Lipinski definition) is 2. The van der Waals surface area contributed by atoms with Gasteiger partial charge >= 0.3 is 5.97 Å². The number of carboxylic acid groups (broad SMARTS) is 1. The van der Waals surface area contributed by atoms with Gasteiger partial charge in [-0.05, 0) is 39.9 Å². The largest absolute Gasteiger partial charge is 0.481 e. The molecule has 18 heavy (non-hydrogen) atoms. The second-order valence-corrected chi connectivity index (χ2v) is 4.98. The zero-order valence-corrected chi connectivity index (χ0v) is 12.0. The van der Waals surface area contributed by atoms with Gasteiger partial charge in [-0.3, -0.25) is 9.59 Å². The average Bonchev–Trinajstić information content (AvgIpc) is 2.31. The molecule has 0 rings (SSSR count). The monoisotopic (exact) mass is 258 g/mol. The van der Waals surface area contributed by atoms with Crippen molar-refractivity contribution >= 4 is 11.9 Å². The fraction of sp³-hybridized carbons (Fsp3) is 0.846. The molecule has 1 amide bonds. The van der Waals surface area contributed by atoms with E-state index in [4.69, 9.17) is 0 Å². The summed E-state index contributed by atoms with van der Waals surface area (Å²) in [7, 11) is 3.96. The predicted molar refractivity (Wildman–Crippen MR) is 71.4 cm³/mol. The molecule has 2 N–H and O–H groups in total. The smallest absolute Gasteiger partial charge is 0.310 e. The number of carbonyl (C=O) groups excluding carboxylic acids is 1. The van der Waals surface area contributed by atoms with E-state index in [0.717, 1.165) is 13.0 Å². The van der Waals surface area contributed by atoms with Gasteiger partial charge in [0.1, 0.15) is 0 Å². The Hall–Kier alpha value is -1.10. The van der Waals surface area contributed by atoms with Crippen molar-refractivity contribution in [3.05, 3.63) is 0 Å². The number of nitrogens with zero attached hydrogens (tertiary/aromatic N) is 1. The van der Waals surface area contributed by atoms with Gasteiger partial charge in [-0.2, -0.15) is 0 Å². The van der Waals surface area contributed by atoms with Crippen molar-refractivity contribution in [2.75, 3.05) is 27.2 Å². The summed E-state index contributed by atoms with van der Waals surface area (Å²) in [4.78, 5) is 25.0. The van der Waals surface area contributed by atoms with Crippen LogP contribution in [0.15, 0.2) is 0 Å². The molecule has 0 aliphatic heterocycles. The van der Waals surface area contributed by atoms with Crippen LogP contribution in [0.1, 0.15) is 39.5 Å². The lowest BCUT2D eigenvalue weighted by Gasteiger charge is -2.25. The first kappa shape index (κ1) is 16.9. The lowest BCUT2D eigenvalue weighted by Crippen LogP contribution is -2.37. The molecule has 0 aromatic heterocycles. The normalized spacial score (nSPS) is 11.6. The Morgan fingerprint density at radius 3 is 2.17 bits per heavy atom. The molecule has 0 heterocycles. The van der Waals surface area contributed by atoms with Crippen LogP contribution in [0, 0.1) is 5.41 Å². The highest BCUT2D eigenvalue weighted by Gasteiger charge is 2.36. The Labute approximate surface area is 110 Å². The molecule has 0 fully saturated rings. The number of amides is 1. The Morgan fingerprint density at radius 1 is 1.22 bits per heavy atom. The summed E-state index contributed by atoms with van der Waals surface area (Å²) in [5.41, 5.74) is -0.911. The van der Waals surface area contributed by atoms with Crippen molar-refractivity contribution in [2.24, 2.45) is 5.41 Å². The minimum absolute atomic E-state index is 0.0668. The van der Waals surface area contributed by atoms with Crippen molar-refractivity contribution < 1.29 is 14.7 Å². The highest BCUT2D eigenvalue weighted by atomic mass is 16.4. The fourth-order valence-corrected chi connectivity index (χ4v) is 1.87. The van der Waals surface area contributed by atoms with E-state index in [1.165, 1.54) is 0 Å². The van der Waals surface area contributed by atoms with Gasteiger partial charge in [0.25, 0.3) is 0 Å². The molecule has 5 heteroatoms. The molecule has 106 valence electrons. The standard InChI is InChI=1S/C13H26N2O3/c1-5-13(6-2,12(17)18)10-11(16)14-8-7-9-15(3)4/h5-10H2,1-4H3,(H,14,16)(H,17,18). The maximum atomic E-state index is 11.7. The van der Waals surface area contributed by atoms with E-state index >= 15 is 0 Å². The van der Waals surface area contributed by atoms with Gasteiger partial charge in [0.15, 0.2) is 0 Å². The summed E-state index contributed by atoms with van der Waals surface area (Å²) in [6.07, 6.45) is 1.89. The van der Waals surface area contributed by atoms with E-state index in [2.05, 4.69) is 5.32 Å². The van der Waals surface area contributed by atoms with Gasteiger partial charge in [0, 0.05) is 13.0 Å². The number of hydrogen-bond acceptors (Lipinski definition) is 3. The lowest BCUT2D eigenvalue weighted by molar-refractivity contribution is -0.152. The minimum Gasteiger partial charge on any atom is -0.481 e. The molecule has 5 nitrogen and oxygen atoms in total. The third kappa shape index (κ3) is 5.49. The lowest BCUT2D eigenvalue weighted by atomic mass is 9.79. The van der Waals surface area contributed by atoms with Gasteiger partial charge < -0.3 is 15.3 Å². The summed E-state index contributed by atoms with van der Waals surface area (Å²) >= 11 is 0. The van der Waals surface area contributed by atoms with Crippen molar-refractivity contribution in [1.29, 1.82) is 0 Å². The van der Waals surface area contributed by atoms with E-state index in [1.54, 1.807) is 0 Å². The Morgan fingerprint density at radius 2 is 1.78 bits per heavy atom. The predicted octanol–water partition coefficient (Wildman–Crippen LogP) is 1.34. The quantitative estimate of drug-likeness (QED) is 0.612. The van der Waals surface area contributed by atoms with Crippen molar-refractivity contribution in [3.63, 3.8) is 0 Å². The van der Waals surface area contributed by atoms with Crippen molar-refractivity contribution in [1.82, 2.24) is 10.2 Å². The van der Waals surface area contributed by atoms with Crippen molar-refractivity contribution in [2.45, 2.75) is 39.5 Å². The number of aliphatic carboxylic acids is 1. The van der Waals surface area contributed by atoms with E-state index in [-0.39, 0.29) is 12.3 Å². The van der Waals surface area contributed by atoms with Gasteiger partial charge in [0.05, 0.1) is 5.41 Å². The summed E-state index contributed by atoms with van der Waals surface area (Å²) < 4.78 is 0. The van der Waals surface area contributed by atoms with E-state index in [0.29, 0.717) is 19.4 Å². The Bertz CT molecular complexity index is 273. The molecule has 0 saturated heterocycles. The van der Waals surface area contributed by atoms with Crippen LogP contribution in [-0.4, -0.2) is 49.1 Å². The summed E-state index contributed by atoms with van der Waals surface area (Å²) in [5, 5.41) is 12.0. The van der Waals surface area contributed by atoms with Crippen LogP contribution >= 0.6 is 0 Å². The zero-order valence-electron chi connectivity index (χ0n) is 12.0. The molecule has 0 radical (unpaired) electrons. The number of carboxylic acids is 1. The first-order valence-corrected chi connectivity index (χ1v) is 6.52. The molecule has 0 unspecified atom stereocenters. The first-order chi connectivity index (χ1) is 8.38. The number of rotatable bonds is 9. The molecule has 0 bridgehead atoms. The highest BCUT2D eigenvalue weighted by molar-refractivity contribution is 5.84. The number of carbonyl (C=O) groups is 2. The summed E-state index contributed by atoms with van der Waals surface area (Å²) in [5.74, 6) is -1.05.